The zero-order valence-electron chi connectivity index (χ0n) is 9.26. The summed E-state index contributed by atoms with van der Waals surface area (Å²) in [6, 6.07) is 0.831. The molecule has 0 radical (unpaired) electrons. The number of nitrogens with zero attached hydrogens (tertiary/aromatic N) is 1. The summed E-state index contributed by atoms with van der Waals surface area (Å²) in [5.74, 6) is 0. The first-order valence-electron chi connectivity index (χ1n) is 5.99. The topological polar surface area (TPSA) is 15.3 Å². The summed E-state index contributed by atoms with van der Waals surface area (Å²) < 4.78 is 0. The van der Waals surface area contributed by atoms with Gasteiger partial charge in [-0.1, -0.05) is 11.6 Å². The van der Waals surface area contributed by atoms with E-state index in [2.05, 4.69) is 23.2 Å². The summed E-state index contributed by atoms with van der Waals surface area (Å²) in [6.07, 6.45) is 7.75. The summed E-state index contributed by atoms with van der Waals surface area (Å²) in [6.45, 7) is 7.25. The smallest absolute Gasteiger partial charge is 0.0137 e. The Morgan fingerprint density at radius 2 is 2.50 bits per heavy atom. The van der Waals surface area contributed by atoms with Gasteiger partial charge in [0.2, 0.25) is 0 Å². The molecule has 0 bridgehead atoms. The van der Waals surface area contributed by atoms with E-state index in [0.717, 1.165) is 12.6 Å². The molecule has 1 fully saturated rings. The second-order valence-corrected chi connectivity index (χ2v) is 4.59. The molecule has 1 unspecified atom stereocenters. The highest BCUT2D eigenvalue weighted by Gasteiger charge is 2.19. The van der Waals surface area contributed by atoms with Crippen molar-refractivity contribution in [3.63, 3.8) is 0 Å². The molecule has 2 aliphatic rings. The van der Waals surface area contributed by atoms with Crippen molar-refractivity contribution in [2.75, 3.05) is 26.2 Å². The molecule has 0 aromatic carbocycles. The number of likely N-dealkylation sites (tertiary alicyclic amines) is 1. The highest BCUT2D eigenvalue weighted by atomic mass is 15.2. The molecule has 2 heteroatoms. The fraction of sp³-hybridized carbons (Fsp3) is 0.833. The maximum absolute atomic E-state index is 3.36. The third-order valence-electron chi connectivity index (χ3n) is 3.57. The maximum atomic E-state index is 3.36. The Bertz CT molecular complexity index is 210. The molecular formula is C12H22N2. The van der Waals surface area contributed by atoms with Gasteiger partial charge in [-0.2, -0.15) is 0 Å². The maximum Gasteiger partial charge on any atom is 0.0137 e. The van der Waals surface area contributed by atoms with Gasteiger partial charge in [0.1, 0.15) is 0 Å². The predicted octanol–water partition coefficient (Wildman–Crippen LogP) is 1.78. The lowest BCUT2D eigenvalue weighted by atomic mass is 10.1. The number of nitrogens with one attached hydrogen (secondary N) is 1. The van der Waals surface area contributed by atoms with Crippen LogP contribution in [0.2, 0.25) is 0 Å². The van der Waals surface area contributed by atoms with Crippen molar-refractivity contribution in [1.29, 1.82) is 0 Å². The van der Waals surface area contributed by atoms with Gasteiger partial charge in [-0.15, -0.1) is 0 Å². The van der Waals surface area contributed by atoms with Crippen LogP contribution >= 0.6 is 0 Å². The normalized spacial score (nSPS) is 29.2. The Morgan fingerprint density at radius 3 is 3.14 bits per heavy atom. The molecule has 2 nitrogen and oxygen atoms in total. The molecule has 80 valence electrons. The highest BCUT2D eigenvalue weighted by molar-refractivity contribution is 5.07. The Morgan fingerprint density at radius 1 is 1.57 bits per heavy atom. The summed E-state index contributed by atoms with van der Waals surface area (Å²) in [5, 5.41) is 3.36. The standard InChI is InChI=1S/C12H22N2/c1-11-3-2-9-14(11)10-6-12-4-7-13-8-5-12/h4,11,13H,2-3,5-10H2,1H3. The first kappa shape index (κ1) is 10.2. The van der Waals surface area contributed by atoms with E-state index in [1.165, 1.54) is 45.3 Å². The van der Waals surface area contributed by atoms with Crippen molar-refractivity contribution in [2.45, 2.75) is 38.6 Å². The lowest BCUT2D eigenvalue weighted by Crippen LogP contribution is -2.29. The molecule has 0 spiro atoms. The van der Waals surface area contributed by atoms with E-state index in [-0.39, 0.29) is 0 Å². The van der Waals surface area contributed by atoms with Crippen molar-refractivity contribution >= 4 is 0 Å². The minimum atomic E-state index is 0.831. The fourth-order valence-corrected chi connectivity index (χ4v) is 2.51. The molecule has 1 saturated heterocycles. The van der Waals surface area contributed by atoms with Crippen LogP contribution in [0.5, 0.6) is 0 Å². The van der Waals surface area contributed by atoms with Crippen molar-refractivity contribution in [3.8, 4) is 0 Å². The zero-order chi connectivity index (χ0) is 9.80. The molecule has 0 aliphatic carbocycles. The van der Waals surface area contributed by atoms with E-state index in [1.807, 2.05) is 0 Å². The fourth-order valence-electron chi connectivity index (χ4n) is 2.51. The van der Waals surface area contributed by atoms with Crippen LogP contribution in [0.25, 0.3) is 0 Å². The molecule has 14 heavy (non-hydrogen) atoms. The van der Waals surface area contributed by atoms with Gasteiger partial charge in [-0.05, 0) is 45.7 Å². The van der Waals surface area contributed by atoms with E-state index in [4.69, 9.17) is 0 Å². The van der Waals surface area contributed by atoms with Gasteiger partial charge in [0, 0.05) is 19.1 Å². The summed E-state index contributed by atoms with van der Waals surface area (Å²) in [4.78, 5) is 2.64. The monoisotopic (exact) mass is 194 g/mol. The second kappa shape index (κ2) is 4.94. The van der Waals surface area contributed by atoms with Gasteiger partial charge in [0.05, 0.1) is 0 Å². The first-order valence-corrected chi connectivity index (χ1v) is 5.99. The Labute approximate surface area is 87.4 Å². The van der Waals surface area contributed by atoms with Crippen molar-refractivity contribution in [3.05, 3.63) is 11.6 Å². The Balaban J connectivity index is 1.73. The van der Waals surface area contributed by atoms with Crippen molar-refractivity contribution in [2.24, 2.45) is 0 Å². The Kier molecular flexibility index (Phi) is 3.60. The third kappa shape index (κ3) is 2.58. The minimum Gasteiger partial charge on any atom is -0.313 e. The molecule has 0 aromatic heterocycles. The predicted molar refractivity (Wildman–Crippen MR) is 60.5 cm³/mol. The molecule has 1 atom stereocenters. The van der Waals surface area contributed by atoms with E-state index in [1.54, 1.807) is 5.57 Å². The van der Waals surface area contributed by atoms with Crippen LogP contribution in [0.3, 0.4) is 0 Å². The van der Waals surface area contributed by atoms with Gasteiger partial charge in [0.15, 0.2) is 0 Å². The number of hydrogen-bond acceptors (Lipinski definition) is 2. The van der Waals surface area contributed by atoms with Gasteiger partial charge in [-0.25, -0.2) is 0 Å². The molecule has 0 saturated carbocycles. The van der Waals surface area contributed by atoms with Crippen LogP contribution in [0.1, 0.15) is 32.6 Å². The minimum absolute atomic E-state index is 0.831. The highest BCUT2D eigenvalue weighted by Crippen LogP contribution is 2.18. The summed E-state index contributed by atoms with van der Waals surface area (Å²) in [7, 11) is 0. The molecule has 1 N–H and O–H groups in total. The average Bonchev–Trinajstić information content (AvgIpc) is 2.63. The van der Waals surface area contributed by atoms with E-state index in [9.17, 15) is 0 Å². The van der Waals surface area contributed by atoms with Crippen LogP contribution in [-0.4, -0.2) is 37.1 Å². The van der Waals surface area contributed by atoms with Crippen LogP contribution < -0.4 is 5.32 Å². The largest absolute Gasteiger partial charge is 0.313 e. The van der Waals surface area contributed by atoms with E-state index < -0.39 is 0 Å². The van der Waals surface area contributed by atoms with Crippen LogP contribution in [0.4, 0.5) is 0 Å². The molecular weight excluding hydrogens is 172 g/mol. The molecule has 2 heterocycles. The van der Waals surface area contributed by atoms with Gasteiger partial charge in [0.25, 0.3) is 0 Å². The molecule has 2 aliphatic heterocycles. The third-order valence-corrected chi connectivity index (χ3v) is 3.57. The van der Waals surface area contributed by atoms with Crippen LogP contribution in [0.15, 0.2) is 11.6 Å². The van der Waals surface area contributed by atoms with Gasteiger partial charge >= 0.3 is 0 Å². The molecule has 2 rings (SSSR count). The molecule has 0 aromatic rings. The van der Waals surface area contributed by atoms with Crippen molar-refractivity contribution in [1.82, 2.24) is 10.2 Å². The average molecular weight is 194 g/mol. The van der Waals surface area contributed by atoms with Crippen molar-refractivity contribution < 1.29 is 0 Å². The quantitative estimate of drug-likeness (QED) is 0.689. The summed E-state index contributed by atoms with van der Waals surface area (Å²) in [5.41, 5.74) is 1.67. The van der Waals surface area contributed by atoms with Crippen LogP contribution in [-0.2, 0) is 0 Å². The number of rotatable bonds is 3. The number of hydrogen-bond donors (Lipinski definition) is 1. The van der Waals surface area contributed by atoms with E-state index >= 15 is 0 Å². The summed E-state index contributed by atoms with van der Waals surface area (Å²) >= 11 is 0. The zero-order valence-corrected chi connectivity index (χ0v) is 9.26. The first-order chi connectivity index (χ1) is 6.86. The van der Waals surface area contributed by atoms with Crippen LogP contribution in [0, 0.1) is 0 Å². The van der Waals surface area contributed by atoms with Gasteiger partial charge in [-0.3, -0.25) is 0 Å². The van der Waals surface area contributed by atoms with Gasteiger partial charge < -0.3 is 10.2 Å². The second-order valence-electron chi connectivity index (χ2n) is 4.59. The Hall–Kier alpha value is -0.340. The lowest BCUT2D eigenvalue weighted by Gasteiger charge is -2.22. The van der Waals surface area contributed by atoms with E-state index in [0.29, 0.717) is 0 Å². The molecule has 0 amide bonds. The lowest BCUT2D eigenvalue weighted by molar-refractivity contribution is 0.271. The SMILES string of the molecule is CC1CCCN1CCC1=CCNCC1.